The van der Waals surface area contributed by atoms with Crippen LogP contribution < -0.4 is 5.32 Å². The topological polar surface area (TPSA) is 83.9 Å². The number of aromatic nitrogens is 4. The van der Waals surface area contributed by atoms with Gasteiger partial charge in [-0.05, 0) is 44.3 Å². The van der Waals surface area contributed by atoms with Crippen LogP contribution in [0, 0.1) is 11.7 Å². The first-order valence-electron chi connectivity index (χ1n) is 11.4. The lowest BCUT2D eigenvalue weighted by Gasteiger charge is -2.31. The third-order valence-electron chi connectivity index (χ3n) is 6.11. The van der Waals surface area contributed by atoms with E-state index < -0.39 is 0 Å². The van der Waals surface area contributed by atoms with E-state index in [1.165, 1.54) is 12.4 Å². The lowest BCUT2D eigenvalue weighted by molar-refractivity contribution is 0.0948. The number of likely N-dealkylation sites (tertiary alicyclic amines) is 1. The van der Waals surface area contributed by atoms with Crippen LogP contribution in [0.4, 0.5) is 4.39 Å². The summed E-state index contributed by atoms with van der Waals surface area (Å²) in [6.07, 6.45) is 10.5. The highest BCUT2D eigenvalue weighted by molar-refractivity contribution is 5.94. The van der Waals surface area contributed by atoms with Gasteiger partial charge in [0.1, 0.15) is 18.0 Å². The van der Waals surface area contributed by atoms with Crippen molar-refractivity contribution >= 4 is 5.91 Å². The Morgan fingerprint density at radius 3 is 2.61 bits per heavy atom. The van der Waals surface area contributed by atoms with Crippen molar-refractivity contribution in [2.24, 2.45) is 5.92 Å². The van der Waals surface area contributed by atoms with Crippen LogP contribution in [0.25, 0.3) is 0 Å². The largest absolute Gasteiger partial charge is 0.348 e. The maximum absolute atomic E-state index is 13.8. The number of benzene rings is 1. The molecule has 0 spiro atoms. The van der Waals surface area contributed by atoms with E-state index in [9.17, 15) is 9.18 Å². The first-order chi connectivity index (χ1) is 16.1. The van der Waals surface area contributed by atoms with Gasteiger partial charge < -0.3 is 5.32 Å². The van der Waals surface area contributed by atoms with Crippen molar-refractivity contribution in [3.05, 3.63) is 83.2 Å². The van der Waals surface area contributed by atoms with Crippen molar-refractivity contribution in [3.8, 4) is 0 Å². The van der Waals surface area contributed by atoms with Crippen LogP contribution in [0.5, 0.6) is 0 Å². The van der Waals surface area contributed by atoms with Crippen LogP contribution in [0.3, 0.4) is 0 Å². The van der Waals surface area contributed by atoms with Gasteiger partial charge in [0.2, 0.25) is 0 Å². The third-order valence-corrected chi connectivity index (χ3v) is 6.11. The van der Waals surface area contributed by atoms with Crippen molar-refractivity contribution in [2.75, 3.05) is 13.1 Å². The number of carbonyl (C=O) groups excluding carboxylic acids is 1. The molecule has 0 unspecified atom stereocenters. The van der Waals surface area contributed by atoms with E-state index in [0.29, 0.717) is 17.0 Å². The van der Waals surface area contributed by atoms with Gasteiger partial charge in [-0.25, -0.2) is 24.3 Å². The van der Waals surface area contributed by atoms with Gasteiger partial charge in [0.15, 0.2) is 0 Å². The molecular weight excluding hydrogens is 419 g/mol. The summed E-state index contributed by atoms with van der Waals surface area (Å²) in [5, 5.41) is 2.80. The second kappa shape index (κ2) is 11.0. The van der Waals surface area contributed by atoms with E-state index >= 15 is 0 Å². The maximum Gasteiger partial charge on any atom is 0.254 e. The minimum atomic E-state index is -0.332. The summed E-state index contributed by atoms with van der Waals surface area (Å²) in [4.78, 5) is 32.4. The zero-order valence-corrected chi connectivity index (χ0v) is 18.9. The van der Waals surface area contributed by atoms with Gasteiger partial charge in [0, 0.05) is 49.2 Å². The molecular formula is C25H29FN6O. The van der Waals surface area contributed by atoms with E-state index in [1.54, 1.807) is 24.4 Å². The minimum absolute atomic E-state index is 0.126. The van der Waals surface area contributed by atoms with E-state index in [-0.39, 0.29) is 18.3 Å². The molecule has 172 valence electrons. The number of hydrogen-bond acceptors (Lipinski definition) is 6. The van der Waals surface area contributed by atoms with Gasteiger partial charge in [-0.2, -0.15) is 0 Å². The standard InChI is InChI=1S/C25H29FN6O/c1-2-24-28-12-19(13-29-24)16-32-9-7-18(8-10-32)11-23-21(15-27-17-31-23)25(33)30-14-20-5-3-4-6-22(20)26/h3-6,12-13,15,17-18H,2,7-11,14,16H2,1H3,(H,30,33). The summed E-state index contributed by atoms with van der Waals surface area (Å²) >= 11 is 0. The summed E-state index contributed by atoms with van der Waals surface area (Å²) in [6.45, 7) is 5.00. The molecule has 8 heteroatoms. The number of piperidine rings is 1. The number of nitrogens with one attached hydrogen (secondary N) is 1. The van der Waals surface area contributed by atoms with Gasteiger partial charge in [-0.3, -0.25) is 9.69 Å². The van der Waals surface area contributed by atoms with Crippen molar-refractivity contribution in [3.63, 3.8) is 0 Å². The Labute approximate surface area is 193 Å². The Bertz CT molecular complexity index is 1070. The molecule has 2 aromatic heterocycles. The fraction of sp³-hybridized carbons (Fsp3) is 0.400. The second-order valence-electron chi connectivity index (χ2n) is 8.44. The van der Waals surface area contributed by atoms with Crippen LogP contribution in [-0.2, 0) is 25.9 Å². The number of aryl methyl sites for hydroxylation is 1. The molecule has 1 amide bonds. The predicted molar refractivity (Wildman–Crippen MR) is 123 cm³/mol. The summed E-state index contributed by atoms with van der Waals surface area (Å²) in [6, 6.07) is 6.43. The molecule has 0 radical (unpaired) electrons. The highest BCUT2D eigenvalue weighted by atomic mass is 19.1. The normalized spacial score (nSPS) is 14.8. The number of nitrogens with zero attached hydrogens (tertiary/aromatic N) is 5. The number of rotatable bonds is 8. The number of halogens is 1. The Hall–Kier alpha value is -3.26. The van der Waals surface area contributed by atoms with Crippen molar-refractivity contribution in [1.82, 2.24) is 30.2 Å². The zero-order chi connectivity index (χ0) is 23.0. The smallest absolute Gasteiger partial charge is 0.254 e. The molecule has 1 aliphatic rings. The average Bonchev–Trinajstić information content (AvgIpc) is 2.85. The zero-order valence-electron chi connectivity index (χ0n) is 18.9. The molecule has 1 aliphatic heterocycles. The van der Waals surface area contributed by atoms with E-state index in [2.05, 4.69) is 37.1 Å². The van der Waals surface area contributed by atoms with Crippen LogP contribution in [0.2, 0.25) is 0 Å². The summed E-state index contributed by atoms with van der Waals surface area (Å²) < 4.78 is 13.8. The fourth-order valence-electron chi connectivity index (χ4n) is 4.15. The van der Waals surface area contributed by atoms with Gasteiger partial charge in [-0.1, -0.05) is 25.1 Å². The molecule has 3 aromatic rings. The molecule has 1 N–H and O–H groups in total. The molecule has 7 nitrogen and oxygen atoms in total. The number of amides is 1. The Morgan fingerprint density at radius 2 is 1.88 bits per heavy atom. The lowest BCUT2D eigenvalue weighted by atomic mass is 9.90. The molecule has 3 heterocycles. The Kier molecular flexibility index (Phi) is 7.67. The van der Waals surface area contributed by atoms with Crippen LogP contribution in [0.15, 0.2) is 49.2 Å². The minimum Gasteiger partial charge on any atom is -0.348 e. The molecule has 1 fully saturated rings. The summed E-state index contributed by atoms with van der Waals surface area (Å²) in [5.74, 6) is 0.716. The summed E-state index contributed by atoms with van der Waals surface area (Å²) in [7, 11) is 0. The SMILES string of the molecule is CCc1ncc(CN2CCC(Cc3ncncc3C(=O)NCc3ccccc3F)CC2)cn1. The van der Waals surface area contributed by atoms with E-state index in [0.717, 1.165) is 62.4 Å². The summed E-state index contributed by atoms with van der Waals surface area (Å²) in [5.41, 5.74) is 2.80. The van der Waals surface area contributed by atoms with Crippen LogP contribution in [0.1, 0.15) is 52.8 Å². The second-order valence-corrected chi connectivity index (χ2v) is 8.44. The van der Waals surface area contributed by atoms with Gasteiger partial charge in [0.05, 0.1) is 11.3 Å². The highest BCUT2D eigenvalue weighted by Crippen LogP contribution is 2.23. The van der Waals surface area contributed by atoms with Crippen molar-refractivity contribution in [1.29, 1.82) is 0 Å². The van der Waals surface area contributed by atoms with Crippen LogP contribution >= 0.6 is 0 Å². The maximum atomic E-state index is 13.8. The van der Waals surface area contributed by atoms with E-state index in [1.807, 2.05) is 12.4 Å². The predicted octanol–water partition coefficient (Wildman–Crippen LogP) is 3.35. The quantitative estimate of drug-likeness (QED) is 0.569. The molecule has 0 bridgehead atoms. The number of hydrogen-bond donors (Lipinski definition) is 1. The first kappa shape index (κ1) is 22.9. The van der Waals surface area contributed by atoms with Crippen molar-refractivity contribution < 1.29 is 9.18 Å². The van der Waals surface area contributed by atoms with Crippen molar-refractivity contribution in [2.45, 2.75) is 45.7 Å². The molecule has 33 heavy (non-hydrogen) atoms. The number of carbonyl (C=O) groups is 1. The monoisotopic (exact) mass is 448 g/mol. The molecule has 0 saturated carbocycles. The first-order valence-corrected chi connectivity index (χ1v) is 11.4. The van der Waals surface area contributed by atoms with Gasteiger partial charge in [0.25, 0.3) is 5.91 Å². The average molecular weight is 449 g/mol. The Balaban J connectivity index is 1.30. The fourth-order valence-corrected chi connectivity index (χ4v) is 4.15. The van der Waals surface area contributed by atoms with Gasteiger partial charge in [-0.15, -0.1) is 0 Å². The van der Waals surface area contributed by atoms with Crippen LogP contribution in [-0.4, -0.2) is 43.8 Å². The molecule has 1 saturated heterocycles. The third kappa shape index (κ3) is 6.16. The molecule has 4 rings (SSSR count). The van der Waals surface area contributed by atoms with E-state index in [4.69, 9.17) is 0 Å². The molecule has 0 aliphatic carbocycles. The Morgan fingerprint density at radius 1 is 1.12 bits per heavy atom. The van der Waals surface area contributed by atoms with Gasteiger partial charge >= 0.3 is 0 Å². The lowest BCUT2D eigenvalue weighted by Crippen LogP contribution is -2.34. The highest BCUT2D eigenvalue weighted by Gasteiger charge is 2.23. The molecule has 0 atom stereocenters. The molecule has 1 aromatic carbocycles.